The summed E-state index contributed by atoms with van der Waals surface area (Å²) >= 11 is 1.70. The van der Waals surface area contributed by atoms with Gasteiger partial charge in [-0.15, -0.1) is 0 Å². The van der Waals surface area contributed by atoms with Gasteiger partial charge in [-0.25, -0.2) is 0 Å². The van der Waals surface area contributed by atoms with E-state index in [4.69, 9.17) is 4.42 Å². The average molecular weight is 394 g/mol. The van der Waals surface area contributed by atoms with Crippen molar-refractivity contribution in [1.82, 2.24) is 10.2 Å². The molecular formula is C22H23N3O2S. The van der Waals surface area contributed by atoms with Crippen LogP contribution in [0.25, 0.3) is 0 Å². The number of hydrogen-bond acceptors (Lipinski definition) is 5. The van der Waals surface area contributed by atoms with Crippen LogP contribution in [0, 0.1) is 0 Å². The number of benzene rings is 2. The number of amides is 1. The maximum atomic E-state index is 13.2. The smallest absolute Gasteiger partial charge is 0.245 e. The molecule has 0 radical (unpaired) electrons. The van der Waals surface area contributed by atoms with E-state index in [1.54, 1.807) is 18.0 Å². The lowest BCUT2D eigenvalue weighted by molar-refractivity contribution is -0.117. The summed E-state index contributed by atoms with van der Waals surface area (Å²) < 4.78 is 5.54. The van der Waals surface area contributed by atoms with Crippen LogP contribution >= 0.6 is 11.8 Å². The van der Waals surface area contributed by atoms with Crippen LogP contribution in [0.1, 0.15) is 11.8 Å². The van der Waals surface area contributed by atoms with E-state index in [9.17, 15) is 4.79 Å². The Morgan fingerprint density at radius 2 is 1.68 bits per heavy atom. The highest BCUT2D eigenvalue weighted by Gasteiger charge is 2.27. The number of carbonyl (C=O) groups excluding carboxylic acids is 1. The van der Waals surface area contributed by atoms with Crippen molar-refractivity contribution < 1.29 is 9.21 Å². The van der Waals surface area contributed by atoms with E-state index in [1.807, 2.05) is 67.5 Å². The fourth-order valence-electron chi connectivity index (χ4n) is 3.39. The van der Waals surface area contributed by atoms with Crippen molar-refractivity contribution in [1.29, 1.82) is 0 Å². The topological polar surface area (TPSA) is 48.7 Å². The molecule has 1 amide bonds. The molecule has 0 fully saturated rings. The molecular weight excluding hydrogens is 370 g/mol. The van der Waals surface area contributed by atoms with Crippen LogP contribution in [-0.2, 0) is 4.79 Å². The Hall–Kier alpha value is -2.54. The maximum absolute atomic E-state index is 13.2. The molecule has 0 bridgehead atoms. The van der Waals surface area contributed by atoms with E-state index in [-0.39, 0.29) is 18.5 Å². The van der Waals surface area contributed by atoms with E-state index in [1.165, 1.54) is 0 Å². The monoisotopic (exact) mass is 393 g/mol. The average Bonchev–Trinajstić information content (AvgIpc) is 3.23. The summed E-state index contributed by atoms with van der Waals surface area (Å²) in [6.07, 6.45) is 1.68. The van der Waals surface area contributed by atoms with Gasteiger partial charge < -0.3 is 9.73 Å². The highest BCUT2D eigenvalue weighted by Crippen LogP contribution is 2.47. The minimum Gasteiger partial charge on any atom is -0.468 e. The summed E-state index contributed by atoms with van der Waals surface area (Å²) in [6, 6.07) is 20.0. The van der Waals surface area contributed by atoms with Crippen molar-refractivity contribution in [3.8, 4) is 0 Å². The van der Waals surface area contributed by atoms with E-state index in [2.05, 4.69) is 22.3 Å². The van der Waals surface area contributed by atoms with Crippen LogP contribution in [0.4, 0.5) is 11.4 Å². The number of carbonyl (C=O) groups is 1. The summed E-state index contributed by atoms with van der Waals surface area (Å²) in [5.74, 6) is 0.909. The zero-order chi connectivity index (χ0) is 19.5. The number of hydrogen-bond donors (Lipinski definition) is 1. The van der Waals surface area contributed by atoms with Gasteiger partial charge in [-0.3, -0.25) is 14.6 Å². The zero-order valence-electron chi connectivity index (χ0n) is 16.0. The first-order valence-corrected chi connectivity index (χ1v) is 10.1. The molecule has 1 aliphatic rings. The fourth-order valence-corrected chi connectivity index (χ4v) is 4.44. The molecule has 144 valence electrons. The lowest BCUT2D eigenvalue weighted by Gasteiger charge is -2.31. The second-order valence-electron chi connectivity index (χ2n) is 6.89. The van der Waals surface area contributed by atoms with Crippen molar-refractivity contribution in [2.24, 2.45) is 0 Å². The molecule has 6 heteroatoms. The maximum Gasteiger partial charge on any atom is 0.245 e. The van der Waals surface area contributed by atoms with E-state index in [0.717, 1.165) is 26.9 Å². The van der Waals surface area contributed by atoms with Gasteiger partial charge in [-0.05, 0) is 50.5 Å². The van der Waals surface area contributed by atoms with Crippen molar-refractivity contribution in [3.05, 3.63) is 72.7 Å². The number of likely N-dealkylation sites (N-methyl/N-ethyl adjacent to an activating group) is 1. The fraction of sp³-hybridized carbons (Fsp3) is 0.227. The highest BCUT2D eigenvalue weighted by molar-refractivity contribution is 7.99. The number of anilines is 2. The Bertz CT molecular complexity index is 910. The summed E-state index contributed by atoms with van der Waals surface area (Å²) in [6.45, 7) is 0.872. The van der Waals surface area contributed by atoms with Crippen molar-refractivity contribution in [2.75, 3.05) is 32.1 Å². The number of fused-ring (bicyclic) bond motifs is 2. The van der Waals surface area contributed by atoms with Gasteiger partial charge in [0, 0.05) is 16.3 Å². The van der Waals surface area contributed by atoms with Gasteiger partial charge in [0.1, 0.15) is 5.76 Å². The Morgan fingerprint density at radius 3 is 2.25 bits per heavy atom. The largest absolute Gasteiger partial charge is 0.468 e. The third-order valence-corrected chi connectivity index (χ3v) is 5.92. The molecule has 3 aromatic rings. The third-order valence-electron chi connectivity index (χ3n) is 4.79. The van der Waals surface area contributed by atoms with Gasteiger partial charge in [-0.1, -0.05) is 36.0 Å². The molecule has 1 atom stereocenters. The number of nitrogens with one attached hydrogen (secondary N) is 1. The normalized spacial score (nSPS) is 13.9. The highest BCUT2D eigenvalue weighted by atomic mass is 32.2. The summed E-state index contributed by atoms with van der Waals surface area (Å²) in [5, 5.41) is 3.31. The molecule has 0 unspecified atom stereocenters. The predicted octanol–water partition coefficient (Wildman–Crippen LogP) is 4.30. The summed E-state index contributed by atoms with van der Waals surface area (Å²) in [4.78, 5) is 19.3. The summed E-state index contributed by atoms with van der Waals surface area (Å²) in [7, 11) is 4.01. The molecule has 0 saturated heterocycles. The lowest BCUT2D eigenvalue weighted by Crippen LogP contribution is -2.39. The molecule has 2 aromatic carbocycles. The van der Waals surface area contributed by atoms with Crippen molar-refractivity contribution >= 4 is 29.0 Å². The second kappa shape index (κ2) is 8.22. The Labute approximate surface area is 169 Å². The predicted molar refractivity (Wildman–Crippen MR) is 112 cm³/mol. The first-order valence-electron chi connectivity index (χ1n) is 9.24. The lowest BCUT2D eigenvalue weighted by atomic mass is 10.2. The van der Waals surface area contributed by atoms with Gasteiger partial charge in [0.15, 0.2) is 0 Å². The minimum absolute atomic E-state index is 0.0251. The Balaban J connectivity index is 1.51. The molecule has 1 N–H and O–H groups in total. The molecule has 2 heterocycles. The third kappa shape index (κ3) is 3.71. The van der Waals surface area contributed by atoms with Gasteiger partial charge >= 0.3 is 0 Å². The molecule has 4 rings (SSSR count). The van der Waals surface area contributed by atoms with Crippen LogP contribution in [0.2, 0.25) is 0 Å². The Kier molecular flexibility index (Phi) is 5.52. The molecule has 0 spiro atoms. The second-order valence-corrected chi connectivity index (χ2v) is 7.98. The van der Waals surface area contributed by atoms with E-state index in [0.29, 0.717) is 6.54 Å². The van der Waals surface area contributed by atoms with Crippen LogP contribution in [0.15, 0.2) is 81.1 Å². The van der Waals surface area contributed by atoms with Crippen molar-refractivity contribution in [3.63, 3.8) is 0 Å². The standard InChI is InChI=1S/C22H23N3O2S/c1-24(2)18(19-10-7-13-27-19)14-23-15-22(26)25-16-8-3-5-11-20(16)28-21-12-6-4-9-17(21)25/h3-13,18,23H,14-15H2,1-2H3/t18-/m0/s1. The summed E-state index contributed by atoms with van der Waals surface area (Å²) in [5.41, 5.74) is 1.88. The molecule has 1 aromatic heterocycles. The van der Waals surface area contributed by atoms with Crippen LogP contribution in [0.3, 0.4) is 0 Å². The van der Waals surface area contributed by atoms with Crippen LogP contribution in [-0.4, -0.2) is 38.0 Å². The first kappa shape index (κ1) is 18.8. The van der Waals surface area contributed by atoms with Gasteiger partial charge in [0.05, 0.1) is 30.2 Å². The van der Waals surface area contributed by atoms with Crippen molar-refractivity contribution in [2.45, 2.75) is 15.8 Å². The molecule has 5 nitrogen and oxygen atoms in total. The first-order chi connectivity index (χ1) is 13.6. The zero-order valence-corrected chi connectivity index (χ0v) is 16.8. The van der Waals surface area contributed by atoms with Gasteiger partial charge in [0.25, 0.3) is 0 Å². The molecule has 28 heavy (non-hydrogen) atoms. The minimum atomic E-state index is 0.0251. The SMILES string of the molecule is CN(C)[C@@H](CNCC(=O)N1c2ccccc2Sc2ccccc21)c1ccco1. The van der Waals surface area contributed by atoms with Gasteiger partial charge in [0.2, 0.25) is 5.91 Å². The molecule has 0 aliphatic carbocycles. The van der Waals surface area contributed by atoms with E-state index < -0.39 is 0 Å². The quantitative estimate of drug-likeness (QED) is 0.677. The number of para-hydroxylation sites is 2. The van der Waals surface area contributed by atoms with Crippen LogP contribution < -0.4 is 10.2 Å². The Morgan fingerprint density at radius 1 is 1.04 bits per heavy atom. The van der Waals surface area contributed by atoms with Gasteiger partial charge in [-0.2, -0.15) is 0 Å². The molecule has 0 saturated carbocycles. The molecule has 1 aliphatic heterocycles. The number of furan rings is 1. The number of nitrogens with zero attached hydrogens (tertiary/aromatic N) is 2. The van der Waals surface area contributed by atoms with E-state index >= 15 is 0 Å². The van der Waals surface area contributed by atoms with Crippen LogP contribution in [0.5, 0.6) is 0 Å². The number of rotatable bonds is 6.